The zero-order valence-electron chi connectivity index (χ0n) is 17.6. The van der Waals surface area contributed by atoms with E-state index in [0.717, 1.165) is 29.3 Å². The summed E-state index contributed by atoms with van der Waals surface area (Å²) in [6.45, 7) is -2.90. The lowest BCUT2D eigenvalue weighted by molar-refractivity contribution is -0.137. The highest BCUT2D eigenvalue weighted by atomic mass is 32.2. The molecule has 1 N–H and O–H groups in total. The van der Waals surface area contributed by atoms with Crippen molar-refractivity contribution in [3.8, 4) is 5.82 Å². The molecule has 3 heterocycles. The van der Waals surface area contributed by atoms with Crippen molar-refractivity contribution in [1.82, 2.24) is 24.5 Å². The Bertz CT molecular complexity index is 1460. The average Bonchev–Trinajstić information content (AvgIpc) is 3.34. The van der Waals surface area contributed by atoms with E-state index in [0.29, 0.717) is 10.7 Å². The highest BCUT2D eigenvalue weighted by Gasteiger charge is 2.31. The van der Waals surface area contributed by atoms with Gasteiger partial charge in [0.2, 0.25) is 5.95 Å². The molecule has 13 heteroatoms. The number of pyridine rings is 1. The number of para-hydroxylation sites is 1. The highest BCUT2D eigenvalue weighted by molar-refractivity contribution is 7.92. The van der Waals surface area contributed by atoms with E-state index < -0.39 is 39.6 Å². The number of rotatable bonds is 4. The maximum absolute atomic E-state index is 14.1. The molecule has 156 valence electrons. The van der Waals surface area contributed by atoms with Crippen LogP contribution in [0.15, 0.2) is 53.8 Å². The normalized spacial score (nSPS) is 14.3. The van der Waals surface area contributed by atoms with E-state index in [-0.39, 0.29) is 22.4 Å². The molecule has 0 spiro atoms. The van der Waals surface area contributed by atoms with Gasteiger partial charge in [-0.3, -0.25) is 9.40 Å². The number of nitrogens with zero attached hydrogens (tertiary/aromatic N) is 5. The molecule has 0 atom stereocenters. The van der Waals surface area contributed by atoms with E-state index in [2.05, 4.69) is 19.9 Å². The predicted octanol–water partition coefficient (Wildman–Crippen LogP) is 3.11. The zero-order chi connectivity index (χ0) is 24.2. The molecule has 0 saturated carbocycles. The van der Waals surface area contributed by atoms with Crippen molar-refractivity contribution in [2.45, 2.75) is 11.1 Å². The molecule has 0 saturated heterocycles. The van der Waals surface area contributed by atoms with Crippen molar-refractivity contribution in [2.24, 2.45) is 6.98 Å². The van der Waals surface area contributed by atoms with E-state index in [1.54, 1.807) is 0 Å². The highest BCUT2D eigenvalue weighted by Crippen LogP contribution is 2.30. The number of aryl methyl sites for hydroxylation is 1. The van der Waals surface area contributed by atoms with Crippen molar-refractivity contribution in [3.05, 3.63) is 60.4 Å². The van der Waals surface area contributed by atoms with E-state index in [1.165, 1.54) is 18.2 Å². The molecule has 0 aliphatic rings. The minimum atomic E-state index is -4.64. The van der Waals surface area contributed by atoms with Gasteiger partial charge in [-0.25, -0.2) is 18.1 Å². The molecule has 30 heavy (non-hydrogen) atoms. The number of hydrogen-bond acceptors (Lipinski definition) is 5. The summed E-state index contributed by atoms with van der Waals surface area (Å²) in [6.07, 6.45) is -1.95. The number of anilines is 1. The van der Waals surface area contributed by atoms with E-state index in [1.807, 2.05) is 0 Å². The second kappa shape index (κ2) is 6.79. The largest absolute Gasteiger partial charge is 0.416 e. The molecular formula is C17H12F4N6O2S. The van der Waals surface area contributed by atoms with Crippen molar-refractivity contribution in [2.75, 3.05) is 4.72 Å². The number of alkyl halides is 3. The monoisotopic (exact) mass is 443 g/mol. The van der Waals surface area contributed by atoms with Gasteiger partial charge in [-0.05, 0) is 24.3 Å². The fourth-order valence-electron chi connectivity index (χ4n) is 2.71. The number of nitrogens with one attached hydrogen (secondary N) is 1. The summed E-state index contributed by atoms with van der Waals surface area (Å²) in [7, 11) is -4.41. The fourth-order valence-corrected chi connectivity index (χ4v) is 3.70. The van der Waals surface area contributed by atoms with Crippen LogP contribution in [0.4, 0.5) is 23.2 Å². The molecule has 0 fully saturated rings. The van der Waals surface area contributed by atoms with Crippen LogP contribution >= 0.6 is 0 Å². The van der Waals surface area contributed by atoms with Crippen LogP contribution in [0.2, 0.25) is 0 Å². The summed E-state index contributed by atoms with van der Waals surface area (Å²) in [5, 5.41) is 6.85. The van der Waals surface area contributed by atoms with Gasteiger partial charge in [0, 0.05) is 17.3 Å². The Hall–Kier alpha value is -3.48. The molecule has 3 aromatic heterocycles. The lowest BCUT2D eigenvalue weighted by Crippen LogP contribution is -2.13. The summed E-state index contributed by atoms with van der Waals surface area (Å²) >= 11 is 0. The fraction of sp³-hybridized carbons (Fsp3) is 0.118. The first-order valence-corrected chi connectivity index (χ1v) is 9.54. The minimum absolute atomic E-state index is 0.227. The van der Waals surface area contributed by atoms with Gasteiger partial charge >= 0.3 is 6.18 Å². The Morgan fingerprint density at radius 2 is 2.03 bits per heavy atom. The quantitative estimate of drug-likeness (QED) is 0.489. The summed E-state index contributed by atoms with van der Waals surface area (Å²) in [4.78, 5) is 3.30. The van der Waals surface area contributed by atoms with Crippen LogP contribution in [0.1, 0.15) is 9.68 Å². The molecule has 0 amide bonds. The number of aromatic nitrogens is 5. The Kier molecular flexibility index (Phi) is 3.70. The van der Waals surface area contributed by atoms with E-state index in [4.69, 9.17) is 4.11 Å². The Balaban J connectivity index is 1.72. The van der Waals surface area contributed by atoms with Gasteiger partial charge in [0.05, 0.1) is 34.5 Å². The number of halogens is 4. The predicted molar refractivity (Wildman–Crippen MR) is 97.8 cm³/mol. The summed E-state index contributed by atoms with van der Waals surface area (Å²) in [5.74, 6) is -1.39. The molecule has 1 aromatic carbocycles. The van der Waals surface area contributed by atoms with Crippen LogP contribution in [0.3, 0.4) is 0 Å². The number of hydrogen-bond donors (Lipinski definition) is 1. The van der Waals surface area contributed by atoms with Crippen LogP contribution in [-0.2, 0) is 23.2 Å². The third-order valence-corrected chi connectivity index (χ3v) is 5.40. The lowest BCUT2D eigenvalue weighted by atomic mass is 10.2. The first-order valence-electron chi connectivity index (χ1n) is 9.56. The maximum Gasteiger partial charge on any atom is 0.416 e. The molecule has 0 bridgehead atoms. The average molecular weight is 443 g/mol. The topological polar surface area (TPSA) is 94.7 Å². The second-order valence-electron chi connectivity index (χ2n) is 6.03. The Labute approximate surface area is 171 Å². The van der Waals surface area contributed by atoms with Crippen molar-refractivity contribution >= 4 is 26.6 Å². The van der Waals surface area contributed by atoms with Gasteiger partial charge in [-0.1, -0.05) is 6.07 Å². The molecule has 0 aliphatic carbocycles. The van der Waals surface area contributed by atoms with Crippen molar-refractivity contribution in [3.63, 3.8) is 0 Å². The van der Waals surface area contributed by atoms with Crippen molar-refractivity contribution < 1.29 is 30.1 Å². The lowest BCUT2D eigenvalue weighted by Gasteiger charge is -2.09. The van der Waals surface area contributed by atoms with E-state index in [9.17, 15) is 26.0 Å². The summed E-state index contributed by atoms with van der Waals surface area (Å²) < 4.78 is 105. The number of benzene rings is 1. The third-order valence-electron chi connectivity index (χ3n) is 4.08. The van der Waals surface area contributed by atoms with Gasteiger partial charge < -0.3 is 0 Å². The van der Waals surface area contributed by atoms with Crippen LogP contribution in [0.5, 0.6) is 0 Å². The third kappa shape index (κ3) is 3.47. The first-order chi connectivity index (χ1) is 15.3. The first kappa shape index (κ1) is 16.3. The second-order valence-corrected chi connectivity index (χ2v) is 7.71. The molecule has 0 radical (unpaired) electrons. The van der Waals surface area contributed by atoms with E-state index >= 15 is 0 Å². The summed E-state index contributed by atoms with van der Waals surface area (Å²) in [6, 6.07) is 5.18. The molecular weight excluding hydrogens is 428 g/mol. The van der Waals surface area contributed by atoms with Crippen LogP contribution in [-0.4, -0.2) is 33.0 Å². The van der Waals surface area contributed by atoms with Gasteiger partial charge in [0.25, 0.3) is 10.0 Å². The van der Waals surface area contributed by atoms with Gasteiger partial charge in [0.15, 0.2) is 5.82 Å². The smallest absolute Gasteiger partial charge is 0.277 e. The molecule has 4 rings (SSSR count). The molecule has 4 aromatic rings. The number of fused-ring (bicyclic) bond motifs is 1. The molecule has 8 nitrogen and oxygen atoms in total. The zero-order valence-corrected chi connectivity index (χ0v) is 15.4. The van der Waals surface area contributed by atoms with Gasteiger partial charge in [-0.2, -0.15) is 22.7 Å². The molecule has 0 aliphatic heterocycles. The maximum atomic E-state index is 14.1. The summed E-state index contributed by atoms with van der Waals surface area (Å²) in [5.41, 5.74) is -1.59. The minimum Gasteiger partial charge on any atom is -0.277 e. The number of sulfonamides is 1. The van der Waals surface area contributed by atoms with Crippen LogP contribution < -0.4 is 4.72 Å². The van der Waals surface area contributed by atoms with Crippen LogP contribution in [0, 0.1) is 5.95 Å². The Morgan fingerprint density at radius 1 is 1.23 bits per heavy atom. The van der Waals surface area contributed by atoms with Gasteiger partial charge in [-0.15, -0.1) is 5.10 Å². The van der Waals surface area contributed by atoms with Crippen molar-refractivity contribution in [1.29, 1.82) is 0 Å². The SMILES string of the molecule is [2H]C([2H])([2H])n1nc(F)c2cccc(NS(=O)(=O)c3cnn(-c4cc(C(F)(F)F)ccn4)c3)c21. The van der Waals surface area contributed by atoms with Crippen LogP contribution in [0.25, 0.3) is 16.7 Å². The van der Waals surface area contributed by atoms with Gasteiger partial charge in [0.1, 0.15) is 4.90 Å². The molecule has 0 unspecified atom stereocenters. The Morgan fingerprint density at radius 3 is 2.77 bits per heavy atom. The standard InChI is InChI=1S/C17H12F4N6O2S/c1-26-15-12(16(18)24-26)3-2-4-13(15)25-30(28,29)11-8-23-27(9-11)14-7-10(5-6-22-14)17(19,20)21/h2-9,25H,1H3/i1D3.